The Morgan fingerprint density at radius 3 is 1.79 bits per heavy atom. The Hall–Kier alpha value is -1.49. The lowest BCUT2D eigenvalue weighted by molar-refractivity contribution is 0.200. The Kier molecular flexibility index (Phi) is 15.2. The van der Waals surface area contributed by atoms with Gasteiger partial charge in [0.05, 0.1) is 0 Å². The molecule has 4 nitrogen and oxygen atoms in total. The molecular formula is C28H47NO3S. The molecule has 5 heteroatoms. The molecule has 1 rings (SSSR count). The molecule has 0 fully saturated rings. The number of unbranched alkanes of at least 4 members (excludes halogenated alkanes) is 9. The van der Waals surface area contributed by atoms with E-state index in [9.17, 15) is 9.59 Å². The first-order chi connectivity index (χ1) is 15.8. The molecule has 1 atom stereocenters. The average molecular weight is 478 g/mol. The highest BCUT2D eigenvalue weighted by Crippen LogP contribution is 2.34. The molecule has 0 aliphatic rings. The molecule has 33 heavy (non-hydrogen) atoms. The topological polar surface area (TPSA) is 55.4 Å². The minimum atomic E-state index is -0.700. The standard InChI is InChI=1S/C28H47NO3S/c1-7-8-9-10-11-12-13-14-15-16-18-23(6)33-28(31)29-27(30)32-26-24(21(2)3)19-17-20-25(26)22(4)5/h17,19-23H,7-16,18H2,1-6H3,(H,29,30,31). The van der Waals surface area contributed by atoms with Crippen molar-refractivity contribution in [2.45, 2.75) is 129 Å². The van der Waals surface area contributed by atoms with Crippen LogP contribution in [0.4, 0.5) is 9.59 Å². The van der Waals surface area contributed by atoms with Crippen molar-refractivity contribution in [2.75, 3.05) is 0 Å². The van der Waals surface area contributed by atoms with Crippen molar-refractivity contribution >= 4 is 23.1 Å². The maximum absolute atomic E-state index is 12.4. The molecule has 0 aliphatic heterocycles. The zero-order valence-electron chi connectivity index (χ0n) is 21.9. The predicted molar refractivity (Wildman–Crippen MR) is 143 cm³/mol. The van der Waals surface area contributed by atoms with E-state index in [2.05, 4.69) is 39.9 Å². The van der Waals surface area contributed by atoms with Crippen molar-refractivity contribution in [3.05, 3.63) is 29.3 Å². The second-order valence-electron chi connectivity index (χ2n) is 9.78. The fraction of sp³-hybridized carbons (Fsp3) is 0.714. The molecule has 0 aliphatic carbocycles. The molecule has 0 saturated heterocycles. The summed E-state index contributed by atoms with van der Waals surface area (Å²) in [5.74, 6) is 1.02. The first-order valence-corrected chi connectivity index (χ1v) is 14.0. The molecule has 0 heterocycles. The molecule has 2 amide bonds. The van der Waals surface area contributed by atoms with E-state index in [4.69, 9.17) is 4.74 Å². The van der Waals surface area contributed by atoms with Crippen molar-refractivity contribution in [2.24, 2.45) is 0 Å². The summed E-state index contributed by atoms with van der Waals surface area (Å²) in [6.07, 6.45) is 13.4. The second kappa shape index (κ2) is 17.0. The number of thioether (sulfide) groups is 1. The molecule has 1 unspecified atom stereocenters. The van der Waals surface area contributed by atoms with Gasteiger partial charge >= 0.3 is 6.09 Å². The molecule has 188 valence electrons. The molecule has 0 radical (unpaired) electrons. The van der Waals surface area contributed by atoms with Crippen LogP contribution in [0, 0.1) is 0 Å². The number of hydrogen-bond donors (Lipinski definition) is 1. The number of hydrogen-bond acceptors (Lipinski definition) is 4. The first kappa shape index (κ1) is 29.5. The van der Waals surface area contributed by atoms with Crippen LogP contribution in [0.15, 0.2) is 18.2 Å². The largest absolute Gasteiger partial charge is 0.420 e. The van der Waals surface area contributed by atoms with E-state index in [1.807, 2.05) is 25.1 Å². The highest BCUT2D eigenvalue weighted by Gasteiger charge is 2.20. The van der Waals surface area contributed by atoms with Crippen molar-refractivity contribution in [3.63, 3.8) is 0 Å². The number of benzene rings is 1. The maximum atomic E-state index is 12.4. The zero-order chi connectivity index (χ0) is 24.6. The minimum absolute atomic E-state index is 0.181. The molecule has 1 aromatic rings. The van der Waals surface area contributed by atoms with E-state index in [-0.39, 0.29) is 22.3 Å². The fourth-order valence-corrected chi connectivity index (χ4v) is 4.78. The van der Waals surface area contributed by atoms with E-state index in [0.717, 1.165) is 24.0 Å². The van der Waals surface area contributed by atoms with Crippen LogP contribution in [0.2, 0.25) is 0 Å². The summed E-state index contributed by atoms with van der Waals surface area (Å²) < 4.78 is 5.63. The van der Waals surface area contributed by atoms with Gasteiger partial charge in [0.2, 0.25) is 0 Å². The van der Waals surface area contributed by atoms with Gasteiger partial charge in [-0.1, -0.05) is 136 Å². The Balaban J connectivity index is 2.33. The predicted octanol–water partition coefficient (Wildman–Crippen LogP) is 9.57. The third-order valence-corrected chi connectivity index (χ3v) is 6.95. The van der Waals surface area contributed by atoms with E-state index in [1.54, 1.807) is 0 Å². The monoisotopic (exact) mass is 477 g/mol. The Morgan fingerprint density at radius 2 is 1.30 bits per heavy atom. The summed E-state index contributed by atoms with van der Waals surface area (Å²) in [7, 11) is 0. The fourth-order valence-electron chi connectivity index (χ4n) is 3.99. The van der Waals surface area contributed by atoms with Crippen molar-refractivity contribution in [1.29, 1.82) is 0 Å². The quantitative estimate of drug-likeness (QED) is 0.255. The van der Waals surface area contributed by atoms with Gasteiger partial charge in [0.15, 0.2) is 0 Å². The van der Waals surface area contributed by atoms with Gasteiger partial charge in [-0.2, -0.15) is 0 Å². The van der Waals surface area contributed by atoms with Crippen molar-refractivity contribution in [3.8, 4) is 5.75 Å². The lowest BCUT2D eigenvalue weighted by atomic mass is 9.94. The van der Waals surface area contributed by atoms with E-state index < -0.39 is 6.09 Å². The number of carbonyl (C=O) groups excluding carboxylic acids is 2. The van der Waals surface area contributed by atoms with Gasteiger partial charge in [0.25, 0.3) is 5.24 Å². The van der Waals surface area contributed by atoms with Crippen LogP contribution >= 0.6 is 11.8 Å². The lowest BCUT2D eigenvalue weighted by Gasteiger charge is -2.19. The number of imide groups is 1. The maximum Gasteiger partial charge on any atom is 0.420 e. The third kappa shape index (κ3) is 12.5. The number of para-hydroxylation sites is 1. The molecular weight excluding hydrogens is 430 g/mol. The van der Waals surface area contributed by atoms with Gasteiger partial charge < -0.3 is 4.74 Å². The van der Waals surface area contributed by atoms with Gasteiger partial charge in [0, 0.05) is 5.25 Å². The van der Waals surface area contributed by atoms with Crippen LogP contribution in [0.3, 0.4) is 0 Å². The van der Waals surface area contributed by atoms with E-state index in [1.165, 1.54) is 69.5 Å². The summed E-state index contributed by atoms with van der Waals surface area (Å²) in [5, 5.41) is 2.24. The van der Waals surface area contributed by atoms with Crippen LogP contribution in [0.1, 0.15) is 135 Å². The number of nitrogens with one attached hydrogen (secondary N) is 1. The second-order valence-corrected chi connectivity index (χ2v) is 11.2. The highest BCUT2D eigenvalue weighted by atomic mass is 32.2. The average Bonchev–Trinajstić information content (AvgIpc) is 2.74. The number of rotatable bonds is 15. The van der Waals surface area contributed by atoms with Gasteiger partial charge in [-0.25, -0.2) is 4.79 Å². The molecule has 0 saturated carbocycles. The third-order valence-electron chi connectivity index (χ3n) is 5.99. The van der Waals surface area contributed by atoms with Crippen molar-refractivity contribution < 1.29 is 14.3 Å². The Bertz CT molecular complexity index is 676. The summed E-state index contributed by atoms with van der Waals surface area (Å²) in [6, 6.07) is 5.94. The summed E-state index contributed by atoms with van der Waals surface area (Å²) in [5.41, 5.74) is 1.96. The summed E-state index contributed by atoms with van der Waals surface area (Å²) in [4.78, 5) is 24.8. The summed E-state index contributed by atoms with van der Waals surface area (Å²) >= 11 is 1.19. The smallest absolute Gasteiger partial charge is 0.409 e. The van der Waals surface area contributed by atoms with Gasteiger partial charge in [-0.05, 0) is 29.4 Å². The van der Waals surface area contributed by atoms with E-state index in [0.29, 0.717) is 5.75 Å². The van der Waals surface area contributed by atoms with Crippen LogP contribution in [0.25, 0.3) is 0 Å². The van der Waals surface area contributed by atoms with E-state index >= 15 is 0 Å². The van der Waals surface area contributed by atoms with Crippen LogP contribution in [-0.4, -0.2) is 16.6 Å². The zero-order valence-corrected chi connectivity index (χ0v) is 22.7. The molecule has 1 N–H and O–H groups in total. The number of carbonyl (C=O) groups is 2. The lowest BCUT2D eigenvalue weighted by Crippen LogP contribution is -2.31. The van der Waals surface area contributed by atoms with Gasteiger partial charge in [0.1, 0.15) is 5.75 Å². The molecule has 0 spiro atoms. The van der Waals surface area contributed by atoms with Gasteiger partial charge in [-0.3, -0.25) is 10.1 Å². The molecule has 0 bridgehead atoms. The first-order valence-electron chi connectivity index (χ1n) is 13.1. The van der Waals surface area contributed by atoms with Crippen LogP contribution in [0.5, 0.6) is 5.75 Å². The number of amides is 2. The normalized spacial score (nSPS) is 12.2. The van der Waals surface area contributed by atoms with Gasteiger partial charge in [-0.15, -0.1) is 0 Å². The minimum Gasteiger partial charge on any atom is -0.409 e. The number of ether oxygens (including phenoxy) is 1. The summed E-state index contributed by atoms with van der Waals surface area (Å²) in [6.45, 7) is 12.6. The highest BCUT2D eigenvalue weighted by molar-refractivity contribution is 8.14. The Labute approximate surface area is 207 Å². The van der Waals surface area contributed by atoms with Crippen LogP contribution < -0.4 is 10.1 Å². The Morgan fingerprint density at radius 1 is 0.818 bits per heavy atom. The van der Waals surface area contributed by atoms with Crippen molar-refractivity contribution in [1.82, 2.24) is 5.32 Å². The molecule has 1 aromatic carbocycles. The van der Waals surface area contributed by atoms with Crippen LogP contribution in [-0.2, 0) is 0 Å². The SMILES string of the molecule is CCCCCCCCCCCCC(C)SC(=O)NC(=O)Oc1c(C(C)C)cccc1C(C)C. The molecule has 0 aromatic heterocycles.